The second-order valence-corrected chi connectivity index (χ2v) is 31.7. The van der Waals surface area contributed by atoms with Crippen molar-refractivity contribution in [2.45, 2.75) is 52.4 Å². The van der Waals surface area contributed by atoms with E-state index >= 15 is 0 Å². The fraction of sp³-hybridized carbons (Fsp3) is 1.00. The topological polar surface area (TPSA) is 111 Å². The van der Waals surface area contributed by atoms with Gasteiger partial charge < -0.3 is 49.4 Å². The summed E-state index contributed by atoms with van der Waals surface area (Å²) >= 11 is 0. The van der Waals surface area contributed by atoms with Gasteiger partial charge in [-0.3, -0.25) is 0 Å². The Hall–Kier alpha value is 1.84. The van der Waals surface area contributed by atoms with E-state index in [0.29, 0.717) is 0 Å². The van der Waals surface area contributed by atoms with Gasteiger partial charge in [0.25, 0.3) is 0 Å². The van der Waals surface area contributed by atoms with Gasteiger partial charge in [-0.25, -0.2) is 0 Å². The molecule has 0 aromatic heterocycles. The van der Waals surface area contributed by atoms with Crippen LogP contribution < -0.4 is 0 Å². The van der Waals surface area contributed by atoms with Crippen molar-refractivity contribution in [2.24, 2.45) is 0 Å². The molecule has 6 rings (SSSR count). The maximum atomic E-state index is 6.39. The van der Waals surface area contributed by atoms with Crippen LogP contribution in [0.15, 0.2) is 0 Å². The molecule has 6 saturated heterocycles. The van der Waals surface area contributed by atoms with E-state index in [1.807, 2.05) is 0 Å². The maximum absolute atomic E-state index is 6.39. The number of rotatable bonds is 0. The van der Waals surface area contributed by atoms with Crippen LogP contribution in [0.5, 0.6) is 0 Å². The van der Waals surface area contributed by atoms with Gasteiger partial charge in [0.1, 0.15) is 0 Å². The average molecular weight is 588 g/mol. The van der Waals surface area contributed by atoms with E-state index in [9.17, 15) is 0 Å². The summed E-state index contributed by atoms with van der Waals surface area (Å²) in [6.45, 7) is 14.0. The molecule has 6 aliphatic heterocycles. The fourth-order valence-electron chi connectivity index (χ4n) is 4.54. The van der Waals surface area contributed by atoms with Crippen molar-refractivity contribution in [3.8, 4) is 0 Å². The van der Waals surface area contributed by atoms with Crippen LogP contribution in [0.1, 0.15) is 0 Å². The van der Waals surface area contributed by atoms with E-state index in [4.69, 9.17) is 49.4 Å². The van der Waals surface area contributed by atoms with Gasteiger partial charge in [0, 0.05) is 70.9 Å². The molecule has 21 heteroatoms. The Morgan fingerprint density at radius 3 is 0.379 bits per heavy atom. The van der Waals surface area contributed by atoms with Crippen LogP contribution in [0.25, 0.3) is 0 Å². The Bertz CT molecular complexity index is 496. The Morgan fingerprint density at radius 2 is 0.310 bits per heavy atom. The predicted octanol–water partition coefficient (Wildman–Crippen LogP) is 0.801. The zero-order valence-corrected chi connectivity index (χ0v) is 26.7. The summed E-state index contributed by atoms with van der Waals surface area (Å²) in [6, 6.07) is 0. The van der Waals surface area contributed by atoms with Crippen molar-refractivity contribution >= 4 is 70.4 Å². The zero-order chi connectivity index (χ0) is 20.5. The molecule has 6 fully saturated rings. The summed E-state index contributed by atoms with van der Waals surface area (Å²) in [5, 5.41) is 0. The van der Waals surface area contributed by atoms with Gasteiger partial charge in [-0.05, 0) is 0 Å². The molecule has 6 heterocycles. The third-order valence-corrected chi connectivity index (χ3v) is 40.0. The first kappa shape index (κ1) is 24.0. The van der Waals surface area contributed by atoms with Crippen LogP contribution in [-0.4, -0.2) is 70.4 Å². The van der Waals surface area contributed by atoms with Crippen LogP contribution in [-0.2, 0) is 67.9 Å². The van der Waals surface area contributed by atoms with Gasteiger partial charge in [-0.15, -0.1) is 0 Å². The third-order valence-electron chi connectivity index (χ3n) is 4.45. The largest absolute Gasteiger partial charge is 0.475 e. The monoisotopic (exact) mass is 587 g/mol. The van der Waals surface area contributed by atoms with Gasteiger partial charge in [-0.1, -0.05) is 0 Å². The van der Waals surface area contributed by atoms with Gasteiger partial charge in [0.15, 0.2) is 0 Å². The van der Waals surface area contributed by atoms with Crippen LogP contribution in [0, 0.1) is 0 Å². The second-order valence-electron chi connectivity index (χ2n) is 8.12. The average Bonchev–Trinajstić information content (AvgIpc) is 2.22. The smallest absolute Gasteiger partial charge is 0.374 e. The molecule has 0 N–H and O–H groups in total. The van der Waals surface area contributed by atoms with Gasteiger partial charge in [0.2, 0.25) is 0 Å². The van der Waals surface area contributed by atoms with Crippen LogP contribution in [0.3, 0.4) is 0 Å². The first-order chi connectivity index (χ1) is 12.5. The molecule has 0 aromatic rings. The van der Waals surface area contributed by atoms with Gasteiger partial charge >= 0.3 is 70.4 Å². The first-order valence-electron chi connectivity index (χ1n) is 8.90. The summed E-state index contributed by atoms with van der Waals surface area (Å²) in [6.07, 6.45) is 0. The molecular weight excluding hydrogens is 564 g/mol. The minimum Gasteiger partial charge on any atom is -0.374 e. The summed E-state index contributed by atoms with van der Waals surface area (Å²) in [4.78, 5) is 0. The predicted molar refractivity (Wildman–Crippen MR) is 106 cm³/mol. The molecule has 0 spiro atoms. The minimum atomic E-state index is -3.40. The van der Waals surface area contributed by atoms with E-state index < -0.39 is 70.4 Å². The van der Waals surface area contributed by atoms with E-state index in [0.717, 1.165) is 0 Å². The zero-order valence-electron chi connectivity index (χ0n) is 17.3. The molecule has 0 atom stereocenters. The molecular formula is C8H24O12Si8V. The van der Waals surface area contributed by atoms with Crippen LogP contribution in [0.2, 0.25) is 52.4 Å². The quantitative estimate of drug-likeness (QED) is 0.374. The number of hydrogen-bond donors (Lipinski definition) is 0. The minimum absolute atomic E-state index is 0. The molecule has 0 amide bonds. The number of hydrogen-bond acceptors (Lipinski definition) is 12. The van der Waals surface area contributed by atoms with Crippen molar-refractivity contribution in [1.29, 1.82) is 0 Å². The Labute approximate surface area is 190 Å². The third kappa shape index (κ3) is 4.24. The fourth-order valence-corrected chi connectivity index (χ4v) is 49.9. The molecule has 0 saturated carbocycles. The molecule has 0 aliphatic carbocycles. The van der Waals surface area contributed by atoms with Crippen LogP contribution in [0.4, 0.5) is 0 Å². The summed E-state index contributed by atoms with van der Waals surface area (Å²) in [5.41, 5.74) is 0. The van der Waals surface area contributed by atoms with E-state index in [2.05, 4.69) is 0 Å². The van der Waals surface area contributed by atoms with Crippen molar-refractivity contribution in [3.05, 3.63) is 0 Å². The molecule has 165 valence electrons. The summed E-state index contributed by atoms with van der Waals surface area (Å²) in [7, 11) is -27.2. The Kier molecular flexibility index (Phi) is 5.37. The summed E-state index contributed by atoms with van der Waals surface area (Å²) < 4.78 is 76.7. The second kappa shape index (κ2) is 6.49. The van der Waals surface area contributed by atoms with E-state index in [1.165, 1.54) is 0 Å². The van der Waals surface area contributed by atoms with Gasteiger partial charge in [-0.2, -0.15) is 0 Å². The van der Waals surface area contributed by atoms with Crippen LogP contribution >= 0.6 is 0 Å². The molecule has 12 nitrogen and oxygen atoms in total. The molecule has 0 aromatic carbocycles. The van der Waals surface area contributed by atoms with Gasteiger partial charge in [0.05, 0.1) is 0 Å². The Morgan fingerprint density at radius 1 is 0.241 bits per heavy atom. The maximum Gasteiger partial charge on any atom is 0.475 e. The Balaban J connectivity index is 0.00000205. The molecule has 8 bridgehead atoms. The van der Waals surface area contributed by atoms with Crippen molar-refractivity contribution in [1.82, 2.24) is 0 Å². The summed E-state index contributed by atoms with van der Waals surface area (Å²) in [5.74, 6) is 0. The first-order valence-corrected chi connectivity index (χ1v) is 26.7. The van der Waals surface area contributed by atoms with E-state index in [1.54, 1.807) is 52.4 Å². The normalized spacial score (nSPS) is 63.7. The molecule has 6 aliphatic rings. The standard InChI is InChI=1S/C8H24O12Si8.V/c1-21-9-22(2)12-25(5)14-23(3,10-21)16-27(7)17-24(4,11-21)15-26(6,13-22)19-28(8,18-25)20-27;/h1-8H3;. The van der Waals surface area contributed by atoms with E-state index in [-0.39, 0.29) is 18.6 Å². The molecule has 0 unspecified atom stereocenters. The van der Waals surface area contributed by atoms with Crippen molar-refractivity contribution in [3.63, 3.8) is 0 Å². The van der Waals surface area contributed by atoms with Crippen molar-refractivity contribution in [2.75, 3.05) is 0 Å². The van der Waals surface area contributed by atoms with Crippen molar-refractivity contribution < 1.29 is 67.9 Å². The molecule has 1 radical (unpaired) electrons. The SMILES string of the molecule is C[Si]12O[Si]3(C)O[Si]4(C)O[Si](C)(O1)O[Si]1(C)O[Si](C)(O2)O[Si](C)(O3)O[Si](C)(O4)O1.[V]. The molecule has 29 heavy (non-hydrogen) atoms.